The van der Waals surface area contributed by atoms with E-state index < -0.39 is 9.84 Å². The van der Waals surface area contributed by atoms with Crippen molar-refractivity contribution < 1.29 is 8.42 Å². The van der Waals surface area contributed by atoms with Gasteiger partial charge in [-0.15, -0.1) is 0 Å². The standard InChI is InChI=1S/C10H9N2O2S/c1-15(13,14)10-11-7-9(12-10)8-5-3-2-4-6-8/h2-6H,1H3,(H,11,12). The third kappa shape index (κ3) is 2.07. The van der Waals surface area contributed by atoms with Gasteiger partial charge in [0.1, 0.15) is 6.20 Å². The molecule has 5 heteroatoms. The first-order valence-electron chi connectivity index (χ1n) is 4.30. The first-order valence-corrected chi connectivity index (χ1v) is 6.20. The highest BCUT2D eigenvalue weighted by Gasteiger charge is 2.12. The minimum atomic E-state index is -3.29. The summed E-state index contributed by atoms with van der Waals surface area (Å²) in [5.41, 5.74) is 1.44. The van der Waals surface area contributed by atoms with E-state index in [0.717, 1.165) is 11.8 Å². The Morgan fingerprint density at radius 2 is 1.93 bits per heavy atom. The lowest BCUT2D eigenvalue weighted by Crippen LogP contribution is -1.98. The molecular weight excluding hydrogens is 212 g/mol. The average Bonchev–Trinajstić information content (AvgIpc) is 2.67. The minimum Gasteiger partial charge on any atom is -0.328 e. The van der Waals surface area contributed by atoms with Crippen molar-refractivity contribution in [3.8, 4) is 11.3 Å². The van der Waals surface area contributed by atoms with Gasteiger partial charge >= 0.3 is 0 Å². The lowest BCUT2D eigenvalue weighted by Gasteiger charge is -1.94. The van der Waals surface area contributed by atoms with Gasteiger partial charge < -0.3 is 4.98 Å². The number of aromatic amines is 1. The number of benzene rings is 1. The van der Waals surface area contributed by atoms with Gasteiger partial charge in [-0.3, -0.25) is 0 Å². The van der Waals surface area contributed by atoms with Crippen LogP contribution in [-0.2, 0) is 9.84 Å². The summed E-state index contributed by atoms with van der Waals surface area (Å²) >= 11 is 0. The number of imidazole rings is 1. The van der Waals surface area contributed by atoms with E-state index in [0.29, 0.717) is 5.69 Å². The maximum absolute atomic E-state index is 11.2. The summed E-state index contributed by atoms with van der Waals surface area (Å²) in [6.45, 7) is 0. The van der Waals surface area contributed by atoms with Crippen LogP contribution in [0.2, 0.25) is 0 Å². The molecule has 2 aromatic rings. The Bertz CT molecular complexity index is 558. The molecule has 1 aromatic heterocycles. The molecule has 0 spiro atoms. The van der Waals surface area contributed by atoms with Crippen LogP contribution in [0.5, 0.6) is 0 Å². The van der Waals surface area contributed by atoms with E-state index in [9.17, 15) is 8.42 Å². The molecular formula is C10H9N2O2S. The first kappa shape index (κ1) is 9.92. The highest BCUT2D eigenvalue weighted by molar-refractivity contribution is 7.90. The molecule has 0 saturated heterocycles. The van der Waals surface area contributed by atoms with Crippen LogP contribution >= 0.6 is 0 Å². The van der Waals surface area contributed by atoms with E-state index in [1.54, 1.807) is 0 Å². The summed E-state index contributed by atoms with van der Waals surface area (Å²) in [7, 11) is -3.29. The molecule has 1 N–H and O–H groups in total. The number of aromatic nitrogens is 2. The molecule has 1 heterocycles. The highest BCUT2D eigenvalue weighted by atomic mass is 32.2. The second kappa shape index (κ2) is 3.51. The minimum absolute atomic E-state index is 0.0543. The van der Waals surface area contributed by atoms with Gasteiger partial charge in [-0.2, -0.15) is 0 Å². The fourth-order valence-corrected chi connectivity index (χ4v) is 1.69. The normalized spacial score (nSPS) is 11.5. The summed E-state index contributed by atoms with van der Waals surface area (Å²) in [6.07, 6.45) is 3.75. The van der Waals surface area contributed by atoms with E-state index in [1.165, 1.54) is 0 Å². The molecule has 0 saturated carbocycles. The number of H-pyrrole nitrogens is 1. The Kier molecular flexibility index (Phi) is 2.32. The maximum Gasteiger partial charge on any atom is 0.225 e. The molecule has 0 amide bonds. The third-order valence-electron chi connectivity index (χ3n) is 1.91. The lowest BCUT2D eigenvalue weighted by molar-refractivity contribution is 0.595. The molecule has 1 aromatic carbocycles. The fraction of sp³-hybridized carbons (Fsp3) is 0.100. The molecule has 0 bridgehead atoms. The molecule has 1 radical (unpaired) electrons. The van der Waals surface area contributed by atoms with Gasteiger partial charge in [-0.25, -0.2) is 13.4 Å². The largest absolute Gasteiger partial charge is 0.328 e. The predicted molar refractivity (Wildman–Crippen MR) is 56.0 cm³/mol. The second-order valence-electron chi connectivity index (χ2n) is 3.17. The van der Waals surface area contributed by atoms with Crippen LogP contribution in [0.4, 0.5) is 0 Å². The summed E-state index contributed by atoms with van der Waals surface area (Å²) < 4.78 is 22.3. The van der Waals surface area contributed by atoms with Gasteiger partial charge in [0.15, 0.2) is 0 Å². The summed E-state index contributed by atoms with van der Waals surface area (Å²) in [6, 6.07) is 9.33. The number of hydrogen-bond acceptors (Lipinski definition) is 3. The Hall–Kier alpha value is -1.62. The zero-order valence-corrected chi connectivity index (χ0v) is 8.88. The number of nitrogens with one attached hydrogen (secondary N) is 1. The fourth-order valence-electron chi connectivity index (χ4n) is 1.19. The molecule has 0 fully saturated rings. The van der Waals surface area contributed by atoms with E-state index in [-0.39, 0.29) is 5.16 Å². The van der Waals surface area contributed by atoms with Crippen molar-refractivity contribution in [2.24, 2.45) is 0 Å². The molecule has 0 unspecified atom stereocenters. The van der Waals surface area contributed by atoms with Gasteiger partial charge in [0, 0.05) is 11.8 Å². The Labute approximate surface area is 87.9 Å². The van der Waals surface area contributed by atoms with Crippen LogP contribution in [0, 0.1) is 6.20 Å². The molecule has 0 aliphatic heterocycles. The van der Waals surface area contributed by atoms with Crippen LogP contribution in [0.15, 0.2) is 35.5 Å². The third-order valence-corrected chi connectivity index (χ3v) is 2.81. The van der Waals surface area contributed by atoms with E-state index in [1.807, 2.05) is 30.3 Å². The molecule has 4 nitrogen and oxygen atoms in total. The van der Waals surface area contributed by atoms with Crippen molar-refractivity contribution in [3.63, 3.8) is 0 Å². The van der Waals surface area contributed by atoms with Crippen molar-refractivity contribution in [2.75, 3.05) is 6.26 Å². The number of nitrogens with zero attached hydrogens (tertiary/aromatic N) is 1. The SMILES string of the molecule is CS(=O)(=O)c1n[c]c(-c2ccccc2)[nH]1. The zero-order chi connectivity index (χ0) is 10.9. The number of rotatable bonds is 2. The van der Waals surface area contributed by atoms with Crippen molar-refractivity contribution in [1.82, 2.24) is 9.97 Å². The van der Waals surface area contributed by atoms with Gasteiger partial charge in [0.05, 0.1) is 5.69 Å². The smallest absolute Gasteiger partial charge is 0.225 e. The van der Waals surface area contributed by atoms with E-state index in [4.69, 9.17) is 0 Å². The Morgan fingerprint density at radius 3 is 2.47 bits per heavy atom. The van der Waals surface area contributed by atoms with Crippen molar-refractivity contribution in [2.45, 2.75) is 5.16 Å². The van der Waals surface area contributed by atoms with Crippen LogP contribution in [0.3, 0.4) is 0 Å². The Balaban J connectivity index is 2.46. The molecule has 0 atom stereocenters. The van der Waals surface area contributed by atoms with Crippen molar-refractivity contribution >= 4 is 9.84 Å². The maximum atomic E-state index is 11.2. The summed E-state index contributed by atoms with van der Waals surface area (Å²) in [4.78, 5) is 6.41. The zero-order valence-electron chi connectivity index (χ0n) is 8.06. The van der Waals surface area contributed by atoms with Gasteiger partial charge in [-0.1, -0.05) is 30.3 Å². The van der Waals surface area contributed by atoms with Gasteiger partial charge in [-0.05, 0) is 0 Å². The molecule has 77 valence electrons. The lowest BCUT2D eigenvalue weighted by atomic mass is 10.2. The van der Waals surface area contributed by atoms with E-state index >= 15 is 0 Å². The van der Waals surface area contributed by atoms with Crippen molar-refractivity contribution in [3.05, 3.63) is 36.5 Å². The Morgan fingerprint density at radius 1 is 1.27 bits per heavy atom. The van der Waals surface area contributed by atoms with Gasteiger partial charge in [0.2, 0.25) is 15.0 Å². The molecule has 15 heavy (non-hydrogen) atoms. The van der Waals surface area contributed by atoms with Gasteiger partial charge in [0.25, 0.3) is 0 Å². The molecule has 0 aliphatic rings. The first-order chi connectivity index (χ1) is 7.07. The molecule has 2 rings (SSSR count). The predicted octanol–water partition coefficient (Wildman–Crippen LogP) is 1.28. The van der Waals surface area contributed by atoms with Crippen LogP contribution in [0.25, 0.3) is 11.3 Å². The number of sulfone groups is 1. The monoisotopic (exact) mass is 221 g/mol. The topological polar surface area (TPSA) is 62.8 Å². The van der Waals surface area contributed by atoms with Crippen LogP contribution in [0.1, 0.15) is 0 Å². The van der Waals surface area contributed by atoms with Crippen LogP contribution < -0.4 is 0 Å². The summed E-state index contributed by atoms with van der Waals surface area (Å²) in [5.74, 6) is 0. The highest BCUT2D eigenvalue weighted by Crippen LogP contribution is 2.16. The quantitative estimate of drug-likeness (QED) is 0.830. The van der Waals surface area contributed by atoms with E-state index in [2.05, 4.69) is 16.2 Å². The average molecular weight is 221 g/mol. The van der Waals surface area contributed by atoms with Crippen molar-refractivity contribution in [1.29, 1.82) is 0 Å². The second-order valence-corrected chi connectivity index (χ2v) is 5.10. The molecule has 0 aliphatic carbocycles. The number of hydrogen-bond donors (Lipinski definition) is 1. The van der Waals surface area contributed by atoms with Crippen LogP contribution in [-0.4, -0.2) is 24.6 Å². The summed E-state index contributed by atoms with van der Waals surface area (Å²) in [5, 5.41) is -0.0543.